The summed E-state index contributed by atoms with van der Waals surface area (Å²) in [7, 11) is 0. The van der Waals surface area contributed by atoms with Crippen LogP contribution in [0.2, 0.25) is 5.02 Å². The summed E-state index contributed by atoms with van der Waals surface area (Å²) in [6.07, 6.45) is 2.63. The van der Waals surface area contributed by atoms with Crippen LogP contribution in [0.15, 0.2) is 35.4 Å². The summed E-state index contributed by atoms with van der Waals surface area (Å²) in [6, 6.07) is 11.3. The van der Waals surface area contributed by atoms with Crippen LogP contribution in [0.3, 0.4) is 0 Å². The van der Waals surface area contributed by atoms with Gasteiger partial charge in [0.2, 0.25) is 5.91 Å². The second-order valence-electron chi connectivity index (χ2n) is 5.78. The van der Waals surface area contributed by atoms with Crippen LogP contribution in [0.4, 0.5) is 5.69 Å². The van der Waals surface area contributed by atoms with Gasteiger partial charge in [0.15, 0.2) is 0 Å². The third-order valence-corrected chi connectivity index (χ3v) is 5.56. The standard InChI is InChI=1S/C17H12ClN3OS/c1-23-15-9(8-19)2-5-13(20-15)12-7-17(12)11-4-3-10(18)6-14(11)21-16(17)22/h2-6,12H,7H2,1H3,(H,21,22). The summed E-state index contributed by atoms with van der Waals surface area (Å²) in [4.78, 5) is 17.2. The number of anilines is 1. The van der Waals surface area contributed by atoms with Crippen LogP contribution in [0.5, 0.6) is 0 Å². The number of aromatic nitrogens is 1. The number of amides is 1. The van der Waals surface area contributed by atoms with E-state index in [1.807, 2.05) is 24.5 Å². The number of fused-ring (bicyclic) bond motifs is 2. The molecule has 1 aromatic heterocycles. The summed E-state index contributed by atoms with van der Waals surface area (Å²) < 4.78 is 0. The number of nitriles is 1. The molecule has 1 saturated carbocycles. The van der Waals surface area contributed by atoms with E-state index >= 15 is 0 Å². The maximum Gasteiger partial charge on any atom is 0.235 e. The lowest BCUT2D eigenvalue weighted by molar-refractivity contribution is -0.118. The van der Waals surface area contributed by atoms with Gasteiger partial charge in [0.05, 0.1) is 11.0 Å². The third kappa shape index (κ3) is 1.99. The molecule has 0 saturated heterocycles. The Morgan fingerprint density at radius 3 is 3.00 bits per heavy atom. The minimum atomic E-state index is -0.531. The fourth-order valence-corrected chi connectivity index (χ4v) is 4.13. The van der Waals surface area contributed by atoms with E-state index in [1.54, 1.807) is 12.1 Å². The van der Waals surface area contributed by atoms with Crippen LogP contribution in [0, 0.1) is 11.3 Å². The lowest BCUT2D eigenvalue weighted by atomic mass is 9.93. The van der Waals surface area contributed by atoms with Gasteiger partial charge in [0.25, 0.3) is 0 Å². The molecule has 1 spiro atoms. The number of carbonyl (C=O) groups is 1. The summed E-state index contributed by atoms with van der Waals surface area (Å²) in [5, 5.41) is 13.4. The van der Waals surface area contributed by atoms with Crippen LogP contribution in [0.25, 0.3) is 0 Å². The second-order valence-corrected chi connectivity index (χ2v) is 7.01. The largest absolute Gasteiger partial charge is 0.325 e. The number of nitrogens with zero attached hydrogens (tertiary/aromatic N) is 2. The minimum absolute atomic E-state index is 0.0108. The maximum absolute atomic E-state index is 12.5. The van der Waals surface area contributed by atoms with Gasteiger partial charge >= 0.3 is 0 Å². The van der Waals surface area contributed by atoms with E-state index in [4.69, 9.17) is 16.9 Å². The van der Waals surface area contributed by atoms with Crippen molar-refractivity contribution in [1.29, 1.82) is 5.26 Å². The van der Waals surface area contributed by atoms with Crippen LogP contribution in [-0.2, 0) is 10.2 Å². The molecule has 4 nitrogen and oxygen atoms in total. The van der Waals surface area contributed by atoms with E-state index in [2.05, 4.69) is 16.4 Å². The van der Waals surface area contributed by atoms with Gasteiger partial charge < -0.3 is 5.32 Å². The van der Waals surface area contributed by atoms with Crippen molar-refractivity contribution in [1.82, 2.24) is 4.98 Å². The maximum atomic E-state index is 12.5. The zero-order valence-electron chi connectivity index (χ0n) is 12.3. The Hall–Kier alpha value is -2.03. The number of pyridine rings is 1. The molecule has 2 atom stereocenters. The molecule has 0 radical (unpaired) electrons. The van der Waals surface area contributed by atoms with Gasteiger partial charge in [-0.25, -0.2) is 4.98 Å². The molecule has 2 heterocycles. The average Bonchev–Trinajstić information content (AvgIpc) is 3.24. The molecular weight excluding hydrogens is 330 g/mol. The number of nitrogens with one attached hydrogen (secondary N) is 1. The highest BCUT2D eigenvalue weighted by Gasteiger charge is 2.65. The molecular formula is C17H12ClN3OS. The Morgan fingerprint density at radius 1 is 1.43 bits per heavy atom. The van der Waals surface area contributed by atoms with Crippen molar-refractivity contribution in [2.75, 3.05) is 11.6 Å². The minimum Gasteiger partial charge on any atom is -0.325 e. The quantitative estimate of drug-likeness (QED) is 0.846. The SMILES string of the molecule is CSc1nc(C2CC23C(=O)Nc2cc(Cl)ccc23)ccc1C#N. The average molecular weight is 342 g/mol. The highest BCUT2D eigenvalue weighted by Crippen LogP contribution is 2.64. The first-order valence-electron chi connectivity index (χ1n) is 7.16. The highest BCUT2D eigenvalue weighted by molar-refractivity contribution is 7.98. The molecule has 114 valence electrons. The van der Waals surface area contributed by atoms with E-state index in [9.17, 15) is 4.79 Å². The Kier molecular flexibility index (Phi) is 3.15. The molecule has 1 aromatic carbocycles. The molecule has 0 bridgehead atoms. The number of hydrogen-bond donors (Lipinski definition) is 1. The zero-order chi connectivity index (χ0) is 16.2. The van der Waals surface area contributed by atoms with E-state index in [0.29, 0.717) is 15.6 Å². The van der Waals surface area contributed by atoms with Crippen molar-refractivity contribution in [3.05, 3.63) is 52.2 Å². The van der Waals surface area contributed by atoms with E-state index in [1.165, 1.54) is 11.8 Å². The van der Waals surface area contributed by atoms with Gasteiger partial charge in [-0.3, -0.25) is 4.79 Å². The van der Waals surface area contributed by atoms with Crippen LogP contribution in [-0.4, -0.2) is 17.1 Å². The first-order valence-corrected chi connectivity index (χ1v) is 8.77. The van der Waals surface area contributed by atoms with E-state index in [0.717, 1.165) is 23.4 Å². The highest BCUT2D eigenvalue weighted by atomic mass is 35.5. The van der Waals surface area contributed by atoms with Gasteiger partial charge in [0, 0.05) is 22.3 Å². The fourth-order valence-electron chi connectivity index (χ4n) is 3.42. The van der Waals surface area contributed by atoms with E-state index in [-0.39, 0.29) is 11.8 Å². The predicted molar refractivity (Wildman–Crippen MR) is 89.9 cm³/mol. The fraction of sp³-hybridized carbons (Fsp3) is 0.235. The van der Waals surface area contributed by atoms with E-state index < -0.39 is 5.41 Å². The van der Waals surface area contributed by atoms with Crippen LogP contribution < -0.4 is 5.32 Å². The van der Waals surface area contributed by atoms with Gasteiger partial charge in [-0.2, -0.15) is 5.26 Å². The smallest absolute Gasteiger partial charge is 0.235 e. The molecule has 1 aliphatic heterocycles. The number of benzene rings is 1. The van der Waals surface area contributed by atoms with Crippen molar-refractivity contribution in [3.8, 4) is 6.07 Å². The second kappa shape index (κ2) is 4.98. The molecule has 2 unspecified atom stereocenters. The number of hydrogen-bond acceptors (Lipinski definition) is 4. The molecule has 1 N–H and O–H groups in total. The Morgan fingerprint density at radius 2 is 2.26 bits per heavy atom. The van der Waals surface area contributed by atoms with Crippen molar-refractivity contribution in [3.63, 3.8) is 0 Å². The van der Waals surface area contributed by atoms with Gasteiger partial charge in [-0.15, -0.1) is 11.8 Å². The number of carbonyl (C=O) groups excluding carboxylic acids is 1. The molecule has 6 heteroatoms. The van der Waals surface area contributed by atoms with Gasteiger partial charge in [-0.1, -0.05) is 17.7 Å². The Bertz CT molecular complexity index is 892. The summed E-state index contributed by atoms with van der Waals surface area (Å²) in [5.74, 6) is 0.0557. The summed E-state index contributed by atoms with van der Waals surface area (Å²) in [5.41, 5.74) is 2.69. The monoisotopic (exact) mass is 341 g/mol. The predicted octanol–water partition coefficient (Wildman–Crippen LogP) is 3.71. The van der Waals surface area contributed by atoms with Crippen LogP contribution >= 0.6 is 23.4 Å². The topological polar surface area (TPSA) is 65.8 Å². The molecule has 2 aromatic rings. The number of thioether (sulfide) groups is 1. The molecule has 23 heavy (non-hydrogen) atoms. The Labute approximate surface area is 142 Å². The van der Waals surface area contributed by atoms with Gasteiger partial charge in [0.1, 0.15) is 11.1 Å². The lowest BCUT2D eigenvalue weighted by Crippen LogP contribution is -2.21. The summed E-state index contributed by atoms with van der Waals surface area (Å²) in [6.45, 7) is 0. The number of rotatable bonds is 2. The first-order chi connectivity index (χ1) is 11.1. The molecule has 1 amide bonds. The zero-order valence-corrected chi connectivity index (χ0v) is 13.8. The van der Waals surface area contributed by atoms with Crippen molar-refractivity contribution in [2.45, 2.75) is 22.8 Å². The first kappa shape index (κ1) is 14.6. The van der Waals surface area contributed by atoms with Gasteiger partial charge in [-0.05, 0) is 42.5 Å². The summed E-state index contributed by atoms with van der Waals surface area (Å²) >= 11 is 7.46. The lowest BCUT2D eigenvalue weighted by Gasteiger charge is -2.09. The van der Waals surface area contributed by atoms with Crippen LogP contribution in [0.1, 0.15) is 29.2 Å². The van der Waals surface area contributed by atoms with Crippen molar-refractivity contribution < 1.29 is 4.79 Å². The molecule has 1 aliphatic carbocycles. The normalized spacial score (nSPS) is 24.2. The molecule has 1 fully saturated rings. The number of halogens is 1. The van der Waals surface area contributed by atoms with Crippen molar-refractivity contribution >= 4 is 35.0 Å². The molecule has 2 aliphatic rings. The van der Waals surface area contributed by atoms with Crippen molar-refractivity contribution in [2.24, 2.45) is 0 Å². The Balaban J connectivity index is 1.76. The third-order valence-electron chi connectivity index (χ3n) is 4.63. The molecule has 4 rings (SSSR count).